The summed E-state index contributed by atoms with van der Waals surface area (Å²) in [5.41, 5.74) is 12.3. The van der Waals surface area contributed by atoms with Gasteiger partial charge in [0.05, 0.1) is 5.82 Å². The average molecular weight is 710 g/mol. The van der Waals surface area contributed by atoms with Crippen LogP contribution >= 0.6 is 0 Å². The Hall–Kier alpha value is -4.24. The molecule has 0 unspecified atom stereocenters. The Morgan fingerprint density at radius 3 is 1.85 bits per heavy atom. The van der Waals surface area contributed by atoms with Gasteiger partial charge >= 0.3 is 0 Å². The Bertz CT molecular complexity index is 1610. The summed E-state index contributed by atoms with van der Waals surface area (Å²) in [5, 5.41) is 0. The van der Waals surface area contributed by atoms with Gasteiger partial charge in [0.25, 0.3) is 0 Å². The van der Waals surface area contributed by atoms with E-state index in [9.17, 15) is 0 Å². The Morgan fingerprint density at radius 1 is 0.512 bits per heavy atom. The van der Waals surface area contributed by atoms with E-state index in [-0.39, 0.29) is 20.1 Å². The monoisotopic (exact) mass is 710 g/mol. The van der Waals surface area contributed by atoms with E-state index in [4.69, 9.17) is 0 Å². The van der Waals surface area contributed by atoms with Crippen LogP contribution < -0.4 is 0 Å². The topological polar surface area (TPSA) is 38.7 Å². The van der Waals surface area contributed by atoms with Crippen molar-refractivity contribution in [3.63, 3.8) is 0 Å². The maximum atomic E-state index is 4.58. The fourth-order valence-electron chi connectivity index (χ4n) is 4.44. The molecule has 0 aliphatic heterocycles. The Labute approximate surface area is 256 Å². The number of rotatable bonds is 4. The number of benzene rings is 4. The van der Waals surface area contributed by atoms with Gasteiger partial charge in [0.1, 0.15) is 0 Å². The zero-order chi connectivity index (χ0) is 27.9. The molecule has 0 saturated carbocycles. The largest absolute Gasteiger partial charge is 0.304 e. The SMILES string of the molecule is Cc1[c-]c(-c2ccc(-c3ccccc3)cn2)cc(C)c1.Cc1ccc(-c2cc[c-]c(-c3ncc(C)cn3)c2)cc1.[Ir]. The third-order valence-corrected chi connectivity index (χ3v) is 6.50. The van der Waals surface area contributed by atoms with Crippen LogP contribution in [0.15, 0.2) is 116 Å². The number of nitrogens with zero attached hydrogens (tertiary/aromatic N) is 3. The molecule has 0 aliphatic rings. The second-order valence-corrected chi connectivity index (χ2v) is 9.99. The van der Waals surface area contributed by atoms with E-state index in [2.05, 4.69) is 121 Å². The fraction of sp³-hybridized carbons (Fsp3) is 0.108. The van der Waals surface area contributed by atoms with Crippen molar-refractivity contribution in [2.75, 3.05) is 0 Å². The second-order valence-electron chi connectivity index (χ2n) is 9.99. The van der Waals surface area contributed by atoms with Crippen molar-refractivity contribution in [2.24, 2.45) is 0 Å². The summed E-state index contributed by atoms with van der Waals surface area (Å²) in [6.45, 7) is 8.24. The Balaban J connectivity index is 0.000000184. The van der Waals surface area contributed by atoms with Gasteiger partial charge in [0.15, 0.2) is 0 Å². The minimum atomic E-state index is 0. The van der Waals surface area contributed by atoms with Crippen LogP contribution in [-0.4, -0.2) is 15.0 Å². The first kappa shape index (κ1) is 29.7. The first-order valence-electron chi connectivity index (χ1n) is 13.3. The van der Waals surface area contributed by atoms with E-state index in [0.29, 0.717) is 5.82 Å². The molecule has 4 aromatic carbocycles. The Kier molecular flexibility index (Phi) is 10.1. The van der Waals surface area contributed by atoms with Crippen molar-refractivity contribution in [3.8, 4) is 44.9 Å². The summed E-state index contributed by atoms with van der Waals surface area (Å²) < 4.78 is 0. The van der Waals surface area contributed by atoms with Crippen LogP contribution in [0, 0.1) is 39.8 Å². The molecule has 0 N–H and O–H groups in total. The van der Waals surface area contributed by atoms with Gasteiger partial charge in [-0.3, -0.25) is 9.97 Å². The third-order valence-electron chi connectivity index (χ3n) is 6.50. The number of hydrogen-bond donors (Lipinski definition) is 0. The molecule has 0 aliphatic carbocycles. The van der Waals surface area contributed by atoms with E-state index < -0.39 is 0 Å². The van der Waals surface area contributed by atoms with Gasteiger partial charge in [0.2, 0.25) is 0 Å². The van der Waals surface area contributed by atoms with E-state index in [0.717, 1.165) is 39.1 Å². The van der Waals surface area contributed by atoms with E-state index in [1.165, 1.54) is 22.3 Å². The molecule has 0 saturated heterocycles. The molecule has 41 heavy (non-hydrogen) atoms. The summed E-state index contributed by atoms with van der Waals surface area (Å²) in [6, 6.07) is 39.8. The van der Waals surface area contributed by atoms with E-state index in [1.807, 2.05) is 49.8 Å². The molecule has 3 nitrogen and oxygen atoms in total. The normalized spacial score (nSPS) is 10.2. The predicted octanol–water partition coefficient (Wildman–Crippen LogP) is 9.06. The maximum Gasteiger partial charge on any atom is 0.0748 e. The molecule has 6 rings (SSSR count). The summed E-state index contributed by atoms with van der Waals surface area (Å²) in [4.78, 5) is 13.3. The van der Waals surface area contributed by atoms with Gasteiger partial charge in [-0.25, -0.2) is 0 Å². The molecular formula is C37H31IrN3-2. The quantitative estimate of drug-likeness (QED) is 0.172. The molecule has 0 atom stereocenters. The number of aryl methyl sites for hydroxylation is 4. The van der Waals surface area contributed by atoms with Gasteiger partial charge in [-0.15, -0.1) is 70.3 Å². The minimum absolute atomic E-state index is 0. The van der Waals surface area contributed by atoms with Crippen LogP contribution in [0.2, 0.25) is 0 Å². The molecule has 4 heteroatoms. The number of pyridine rings is 1. The van der Waals surface area contributed by atoms with Gasteiger partial charge in [-0.1, -0.05) is 86.1 Å². The smallest absolute Gasteiger partial charge is 0.0748 e. The van der Waals surface area contributed by atoms with Crippen LogP contribution in [-0.2, 0) is 20.1 Å². The van der Waals surface area contributed by atoms with Gasteiger partial charge in [-0.05, 0) is 41.8 Å². The molecule has 0 fully saturated rings. The van der Waals surface area contributed by atoms with Crippen molar-refractivity contribution in [2.45, 2.75) is 27.7 Å². The predicted molar refractivity (Wildman–Crippen MR) is 165 cm³/mol. The summed E-state index contributed by atoms with van der Waals surface area (Å²) in [6.07, 6.45) is 5.58. The molecule has 2 heterocycles. The van der Waals surface area contributed by atoms with Gasteiger partial charge in [-0.2, -0.15) is 0 Å². The van der Waals surface area contributed by atoms with Crippen LogP contribution in [0.5, 0.6) is 0 Å². The number of hydrogen-bond acceptors (Lipinski definition) is 3. The van der Waals surface area contributed by atoms with Crippen LogP contribution in [0.4, 0.5) is 0 Å². The minimum Gasteiger partial charge on any atom is -0.304 e. The molecule has 205 valence electrons. The molecule has 0 amide bonds. The first-order chi connectivity index (χ1) is 19.4. The van der Waals surface area contributed by atoms with Crippen LogP contribution in [0.3, 0.4) is 0 Å². The molecule has 6 aromatic rings. The van der Waals surface area contributed by atoms with E-state index >= 15 is 0 Å². The first-order valence-corrected chi connectivity index (χ1v) is 13.3. The standard InChI is InChI=1S/C19H16N.C18H15N2.Ir/c1-14-10-15(2)12-18(11-14)19-9-8-17(13-20-19)16-6-4-3-5-7-16;1-13-6-8-15(9-7-13)16-4-3-5-17(10-16)18-19-11-14(2)12-20-18;/h3-11,13H,1-2H3;3-4,6-12H,1-2H3;/q2*-1;. The van der Waals surface area contributed by atoms with Crippen molar-refractivity contribution in [3.05, 3.63) is 150 Å². The van der Waals surface area contributed by atoms with Gasteiger partial charge < -0.3 is 4.98 Å². The zero-order valence-electron chi connectivity index (χ0n) is 23.6. The van der Waals surface area contributed by atoms with Crippen LogP contribution in [0.25, 0.3) is 44.9 Å². The summed E-state index contributed by atoms with van der Waals surface area (Å²) in [5.74, 6) is 0.713. The second kappa shape index (κ2) is 13.9. The van der Waals surface area contributed by atoms with Crippen molar-refractivity contribution >= 4 is 0 Å². The summed E-state index contributed by atoms with van der Waals surface area (Å²) >= 11 is 0. The molecule has 0 bridgehead atoms. The molecule has 0 spiro atoms. The summed E-state index contributed by atoms with van der Waals surface area (Å²) in [7, 11) is 0. The Morgan fingerprint density at radius 2 is 1.20 bits per heavy atom. The molecular weight excluding hydrogens is 679 g/mol. The molecule has 2 aromatic heterocycles. The zero-order valence-corrected chi connectivity index (χ0v) is 26.0. The number of aromatic nitrogens is 3. The fourth-order valence-corrected chi connectivity index (χ4v) is 4.44. The van der Waals surface area contributed by atoms with Gasteiger partial charge in [0, 0.05) is 38.7 Å². The van der Waals surface area contributed by atoms with E-state index in [1.54, 1.807) is 0 Å². The average Bonchev–Trinajstić information content (AvgIpc) is 2.98. The van der Waals surface area contributed by atoms with Crippen molar-refractivity contribution in [1.29, 1.82) is 0 Å². The van der Waals surface area contributed by atoms with Crippen LogP contribution in [0.1, 0.15) is 22.3 Å². The van der Waals surface area contributed by atoms with Crippen molar-refractivity contribution < 1.29 is 20.1 Å². The maximum absolute atomic E-state index is 4.58. The van der Waals surface area contributed by atoms with Crippen molar-refractivity contribution in [1.82, 2.24) is 15.0 Å². The molecule has 1 radical (unpaired) electrons. The third kappa shape index (κ3) is 7.91.